The van der Waals surface area contributed by atoms with Gasteiger partial charge >= 0.3 is 0 Å². The number of nitrogens with zero attached hydrogens (tertiary/aromatic N) is 6. The van der Waals surface area contributed by atoms with E-state index >= 15 is 0 Å². The minimum atomic E-state index is 0.196. The Labute approximate surface area is 196 Å². The van der Waals surface area contributed by atoms with Crippen molar-refractivity contribution in [1.29, 1.82) is 0 Å². The molecule has 33 heavy (non-hydrogen) atoms. The normalized spacial score (nSPS) is 12.1. The number of hydrogen-bond acceptors (Lipinski definition) is 7. The summed E-state index contributed by atoms with van der Waals surface area (Å²) in [7, 11) is 1.84. The highest BCUT2D eigenvalue weighted by molar-refractivity contribution is 7.80. The van der Waals surface area contributed by atoms with Gasteiger partial charge < -0.3 is 10.6 Å². The number of anilines is 1. The Morgan fingerprint density at radius 1 is 1.09 bits per heavy atom. The molecule has 0 bridgehead atoms. The van der Waals surface area contributed by atoms with Crippen molar-refractivity contribution >= 4 is 39.7 Å². The summed E-state index contributed by atoms with van der Waals surface area (Å²) in [6.07, 6.45) is 10.7. The lowest BCUT2D eigenvalue weighted by Gasteiger charge is -2.17. The van der Waals surface area contributed by atoms with E-state index < -0.39 is 0 Å². The van der Waals surface area contributed by atoms with Crippen molar-refractivity contribution in [2.75, 3.05) is 18.9 Å². The van der Waals surface area contributed by atoms with Gasteiger partial charge in [0.15, 0.2) is 0 Å². The van der Waals surface area contributed by atoms with E-state index in [-0.39, 0.29) is 5.92 Å². The number of aromatic nitrogens is 6. The molecule has 0 saturated carbocycles. The van der Waals surface area contributed by atoms with Crippen molar-refractivity contribution in [1.82, 2.24) is 34.6 Å². The van der Waals surface area contributed by atoms with E-state index in [1.165, 1.54) is 0 Å². The van der Waals surface area contributed by atoms with Gasteiger partial charge in [0.25, 0.3) is 0 Å². The van der Waals surface area contributed by atoms with Gasteiger partial charge in [-0.25, -0.2) is 19.9 Å². The molecule has 0 spiro atoms. The first-order valence-corrected chi connectivity index (χ1v) is 11.0. The molecule has 1 atom stereocenters. The Balaban J connectivity index is 1.37. The van der Waals surface area contributed by atoms with Crippen molar-refractivity contribution < 1.29 is 0 Å². The van der Waals surface area contributed by atoms with Gasteiger partial charge in [-0.15, -0.1) is 0 Å². The number of fused-ring (bicyclic) bond motifs is 2. The van der Waals surface area contributed by atoms with Crippen LogP contribution in [0.3, 0.4) is 0 Å². The molecule has 0 amide bonds. The number of rotatable bonds is 6. The number of benzene rings is 1. The van der Waals surface area contributed by atoms with Crippen LogP contribution in [-0.2, 0) is 0 Å². The van der Waals surface area contributed by atoms with Crippen LogP contribution in [0.25, 0.3) is 27.9 Å². The molecule has 0 radical (unpaired) electrons. The molecule has 4 heterocycles. The van der Waals surface area contributed by atoms with E-state index in [4.69, 9.17) is 12.2 Å². The second kappa shape index (κ2) is 8.87. The van der Waals surface area contributed by atoms with Gasteiger partial charge in [0.1, 0.15) is 17.1 Å². The van der Waals surface area contributed by atoms with Gasteiger partial charge in [-0.3, -0.25) is 9.38 Å². The molecule has 9 heteroatoms. The number of imidazole rings is 1. The van der Waals surface area contributed by atoms with Gasteiger partial charge in [-0.2, -0.15) is 0 Å². The summed E-state index contributed by atoms with van der Waals surface area (Å²) in [6, 6.07) is 10.1. The number of thiocarbonyl (C=S) groups is 1. The van der Waals surface area contributed by atoms with E-state index in [0.717, 1.165) is 39.1 Å². The maximum absolute atomic E-state index is 5.47. The Morgan fingerprint density at radius 2 is 2.00 bits per heavy atom. The molecule has 5 rings (SSSR count). The van der Waals surface area contributed by atoms with E-state index in [0.29, 0.717) is 17.3 Å². The smallest absolute Gasteiger partial charge is 0.233 e. The Hall–Kier alpha value is -3.98. The second-order valence-electron chi connectivity index (χ2n) is 7.73. The molecular weight excluding hydrogens is 432 g/mol. The minimum Gasteiger partial charge on any atom is -0.379 e. The zero-order valence-electron chi connectivity index (χ0n) is 18.2. The van der Waals surface area contributed by atoms with Crippen LogP contribution in [0.1, 0.15) is 24.0 Å². The minimum absolute atomic E-state index is 0.196. The third kappa shape index (κ3) is 4.10. The summed E-state index contributed by atoms with van der Waals surface area (Å²) in [6.45, 7) is 2.86. The summed E-state index contributed by atoms with van der Waals surface area (Å²) in [4.78, 5) is 22.7. The number of hydrogen-bond donors (Lipinski definition) is 2. The zero-order valence-corrected chi connectivity index (χ0v) is 19.0. The lowest BCUT2D eigenvalue weighted by atomic mass is 9.96. The van der Waals surface area contributed by atoms with Gasteiger partial charge in [0.05, 0.1) is 11.2 Å². The van der Waals surface area contributed by atoms with Gasteiger partial charge in [-0.05, 0) is 11.6 Å². The summed E-state index contributed by atoms with van der Waals surface area (Å²) in [5.74, 6) is 1.60. The molecule has 2 N–H and O–H groups in total. The van der Waals surface area contributed by atoms with Crippen LogP contribution in [0.2, 0.25) is 0 Å². The van der Waals surface area contributed by atoms with Crippen molar-refractivity contribution in [3.8, 4) is 11.3 Å². The third-order valence-electron chi connectivity index (χ3n) is 5.60. The molecule has 0 aliphatic heterocycles. The molecule has 0 saturated heterocycles. The first-order valence-electron chi connectivity index (χ1n) is 10.6. The van der Waals surface area contributed by atoms with E-state index in [9.17, 15) is 0 Å². The Bertz CT molecular complexity index is 1460. The number of para-hydroxylation sites is 1. The van der Waals surface area contributed by atoms with Crippen molar-refractivity contribution in [3.63, 3.8) is 0 Å². The molecule has 4 aromatic heterocycles. The summed E-state index contributed by atoms with van der Waals surface area (Å²) in [5, 5.41) is 7.55. The van der Waals surface area contributed by atoms with Crippen LogP contribution >= 0.6 is 12.2 Å². The maximum Gasteiger partial charge on any atom is 0.233 e. The van der Waals surface area contributed by atoms with Crippen LogP contribution in [0.15, 0.2) is 67.6 Å². The fraction of sp³-hybridized carbons (Fsp3) is 0.167. The lowest BCUT2D eigenvalue weighted by Crippen LogP contribution is -2.17. The lowest BCUT2D eigenvalue weighted by molar-refractivity contribution is 0.805. The average molecular weight is 455 g/mol. The van der Waals surface area contributed by atoms with Crippen LogP contribution in [-0.4, -0.2) is 47.9 Å². The highest BCUT2D eigenvalue weighted by Crippen LogP contribution is 2.27. The first-order chi connectivity index (χ1) is 16.1. The fourth-order valence-electron chi connectivity index (χ4n) is 3.86. The zero-order chi connectivity index (χ0) is 22.8. The van der Waals surface area contributed by atoms with E-state index in [2.05, 4.69) is 60.7 Å². The van der Waals surface area contributed by atoms with Crippen molar-refractivity contribution in [3.05, 3.63) is 78.8 Å². The highest BCUT2D eigenvalue weighted by Gasteiger charge is 2.14. The molecule has 5 aromatic rings. The van der Waals surface area contributed by atoms with Gasteiger partial charge in [0, 0.05) is 73.1 Å². The second-order valence-corrected chi connectivity index (χ2v) is 8.14. The van der Waals surface area contributed by atoms with Crippen molar-refractivity contribution in [2.45, 2.75) is 12.8 Å². The van der Waals surface area contributed by atoms with Gasteiger partial charge in [0.2, 0.25) is 5.78 Å². The summed E-state index contributed by atoms with van der Waals surface area (Å²) < 4.78 is 1.87. The summed E-state index contributed by atoms with van der Waals surface area (Å²) in [5.41, 5.74) is 4.80. The monoisotopic (exact) mass is 454 g/mol. The van der Waals surface area contributed by atoms with E-state index in [1.807, 2.05) is 42.2 Å². The predicted molar refractivity (Wildman–Crippen MR) is 133 cm³/mol. The molecular formula is C24H22N8S. The molecule has 0 aliphatic rings. The highest BCUT2D eigenvalue weighted by atomic mass is 32.1. The molecule has 1 aromatic carbocycles. The number of pyridine rings is 1. The van der Waals surface area contributed by atoms with Crippen LogP contribution < -0.4 is 10.6 Å². The summed E-state index contributed by atoms with van der Waals surface area (Å²) >= 11 is 5.47. The van der Waals surface area contributed by atoms with Crippen LogP contribution in [0, 0.1) is 0 Å². The van der Waals surface area contributed by atoms with Crippen molar-refractivity contribution in [2.24, 2.45) is 0 Å². The SMILES string of the molecule is CNC(=S)c1ccnc2c(C(C)CNc3cc(-c4cnc5nccn5c4)ncn3)cccc12. The first kappa shape index (κ1) is 20.9. The topological polar surface area (TPSA) is 92.9 Å². The van der Waals surface area contributed by atoms with Crippen LogP contribution in [0.4, 0.5) is 5.82 Å². The predicted octanol–water partition coefficient (Wildman–Crippen LogP) is 3.85. The largest absolute Gasteiger partial charge is 0.379 e. The number of nitrogens with one attached hydrogen (secondary N) is 2. The van der Waals surface area contributed by atoms with Gasteiger partial charge in [-0.1, -0.05) is 37.3 Å². The molecule has 8 nitrogen and oxygen atoms in total. The van der Waals surface area contributed by atoms with E-state index in [1.54, 1.807) is 18.7 Å². The Morgan fingerprint density at radius 3 is 2.88 bits per heavy atom. The molecule has 0 fully saturated rings. The molecule has 164 valence electrons. The Kier molecular flexibility index (Phi) is 5.62. The molecule has 1 unspecified atom stereocenters. The maximum atomic E-state index is 5.47. The quantitative estimate of drug-likeness (QED) is 0.374. The standard InChI is InChI=1S/C24H22N8S/c1-15(17-4-3-5-18-19(23(33)25-2)6-7-26-22(17)18)11-28-21-10-20(30-14-31-21)16-12-29-24-27-8-9-32(24)13-16/h3-10,12-15H,11H2,1-2H3,(H,25,33)(H,28,30,31). The third-order valence-corrected chi connectivity index (χ3v) is 6.03. The average Bonchev–Trinajstić information content (AvgIpc) is 3.34. The fourth-order valence-corrected chi connectivity index (χ4v) is 4.04. The molecule has 0 aliphatic carbocycles. The van der Waals surface area contributed by atoms with Crippen LogP contribution in [0.5, 0.6) is 0 Å².